The van der Waals surface area contributed by atoms with Crippen LogP contribution in [0.5, 0.6) is 0 Å². The number of carbonyl (C=O) groups is 1. The minimum atomic E-state index is -0.426. The maximum absolute atomic E-state index is 12.3. The van der Waals surface area contributed by atoms with Gasteiger partial charge in [0.25, 0.3) is 5.91 Å². The van der Waals surface area contributed by atoms with E-state index in [-0.39, 0.29) is 17.9 Å². The molecule has 1 saturated carbocycles. The van der Waals surface area contributed by atoms with E-state index in [4.69, 9.17) is 15.9 Å². The lowest BCUT2D eigenvalue weighted by atomic mass is 9.96. The van der Waals surface area contributed by atoms with Crippen molar-refractivity contribution in [2.24, 2.45) is 17.6 Å². The number of allylic oxidation sites excluding steroid dienone is 1. The SMILES string of the molecule is CC(C(=N)C(=O)Nc1ccc([C@@H]2O[C@H]3CN[C@@H]2[C@@H]3C)cc1)=C(N)C1CC1. The van der Waals surface area contributed by atoms with E-state index in [1.807, 2.05) is 24.3 Å². The molecule has 138 valence electrons. The molecule has 5 N–H and O–H groups in total. The second kappa shape index (κ2) is 6.52. The summed E-state index contributed by atoms with van der Waals surface area (Å²) in [5.41, 5.74) is 9.00. The summed E-state index contributed by atoms with van der Waals surface area (Å²) in [6, 6.07) is 8.06. The molecule has 2 bridgehead atoms. The van der Waals surface area contributed by atoms with E-state index >= 15 is 0 Å². The topological polar surface area (TPSA) is 100 Å². The van der Waals surface area contributed by atoms with Crippen LogP contribution >= 0.6 is 0 Å². The Bertz CT molecular complexity index is 767. The molecule has 1 aromatic rings. The van der Waals surface area contributed by atoms with Gasteiger partial charge in [-0.3, -0.25) is 10.2 Å². The summed E-state index contributed by atoms with van der Waals surface area (Å²) < 4.78 is 6.10. The van der Waals surface area contributed by atoms with Crippen molar-refractivity contribution < 1.29 is 9.53 Å². The molecule has 0 spiro atoms. The Morgan fingerprint density at radius 1 is 1.31 bits per heavy atom. The summed E-state index contributed by atoms with van der Waals surface area (Å²) in [7, 11) is 0. The third-order valence-corrected chi connectivity index (χ3v) is 5.90. The van der Waals surface area contributed by atoms with Crippen molar-refractivity contribution in [2.45, 2.75) is 44.9 Å². The van der Waals surface area contributed by atoms with Crippen molar-refractivity contribution in [1.82, 2.24) is 5.32 Å². The van der Waals surface area contributed by atoms with Crippen molar-refractivity contribution in [3.8, 4) is 0 Å². The summed E-state index contributed by atoms with van der Waals surface area (Å²) in [5, 5.41) is 14.4. The number of morpholine rings is 1. The Balaban J connectivity index is 1.41. The highest BCUT2D eigenvalue weighted by atomic mass is 16.5. The standard InChI is InChI=1S/C20H26N4O2/c1-10-15-9-23-18(10)19(26-15)13-5-7-14(8-6-13)24-20(25)17(22)11(2)16(21)12-3-4-12/h5-8,10,12,15,18-19,22-23H,3-4,9,21H2,1-2H3,(H,24,25)/t10-,15+,18-,19+/m1/s1. The summed E-state index contributed by atoms with van der Waals surface area (Å²) >= 11 is 0. The van der Waals surface area contributed by atoms with Crippen molar-refractivity contribution >= 4 is 17.3 Å². The fourth-order valence-corrected chi connectivity index (χ4v) is 3.93. The second-order valence-corrected chi connectivity index (χ2v) is 7.69. The molecule has 3 aliphatic rings. The molecule has 0 aromatic heterocycles. The largest absolute Gasteiger partial charge is 0.402 e. The van der Waals surface area contributed by atoms with Crippen molar-refractivity contribution in [3.05, 3.63) is 41.1 Å². The maximum atomic E-state index is 12.3. The van der Waals surface area contributed by atoms with Crippen LogP contribution in [0, 0.1) is 17.2 Å². The zero-order valence-electron chi connectivity index (χ0n) is 15.2. The van der Waals surface area contributed by atoms with E-state index in [1.54, 1.807) is 6.92 Å². The highest BCUT2D eigenvalue weighted by Gasteiger charge is 2.47. The van der Waals surface area contributed by atoms with Crippen LogP contribution in [0.3, 0.4) is 0 Å². The Hall–Kier alpha value is -2.18. The average Bonchev–Trinajstić information content (AvgIpc) is 3.40. The first-order valence-electron chi connectivity index (χ1n) is 9.31. The summed E-state index contributed by atoms with van der Waals surface area (Å²) in [6.07, 6.45) is 2.46. The lowest BCUT2D eigenvalue weighted by Gasteiger charge is -2.24. The average molecular weight is 354 g/mol. The van der Waals surface area contributed by atoms with Gasteiger partial charge >= 0.3 is 0 Å². The molecule has 6 heteroatoms. The predicted molar refractivity (Wildman–Crippen MR) is 101 cm³/mol. The second-order valence-electron chi connectivity index (χ2n) is 7.69. The summed E-state index contributed by atoms with van der Waals surface area (Å²) in [6.45, 7) is 4.90. The fourth-order valence-electron chi connectivity index (χ4n) is 3.93. The van der Waals surface area contributed by atoms with Gasteiger partial charge in [-0.15, -0.1) is 0 Å². The number of amides is 1. The van der Waals surface area contributed by atoms with Gasteiger partial charge in [0.15, 0.2) is 0 Å². The number of nitrogens with one attached hydrogen (secondary N) is 3. The number of carbonyl (C=O) groups excluding carboxylic acids is 1. The minimum absolute atomic E-state index is 0.0621. The van der Waals surface area contributed by atoms with Crippen LogP contribution in [0.25, 0.3) is 0 Å². The molecule has 4 atom stereocenters. The van der Waals surface area contributed by atoms with Crippen LogP contribution in [0.15, 0.2) is 35.5 Å². The third-order valence-electron chi connectivity index (χ3n) is 5.90. The first kappa shape index (κ1) is 17.2. The number of rotatable bonds is 5. The van der Waals surface area contributed by atoms with Gasteiger partial charge in [0.05, 0.1) is 12.2 Å². The highest BCUT2D eigenvalue weighted by molar-refractivity contribution is 6.47. The summed E-state index contributed by atoms with van der Waals surface area (Å²) in [5.74, 6) is 0.442. The van der Waals surface area contributed by atoms with Gasteiger partial charge in [-0.25, -0.2) is 0 Å². The van der Waals surface area contributed by atoms with E-state index in [9.17, 15) is 4.79 Å². The van der Waals surface area contributed by atoms with Gasteiger partial charge in [0, 0.05) is 29.9 Å². The molecule has 1 amide bonds. The quantitative estimate of drug-likeness (QED) is 0.610. The number of fused-ring (bicyclic) bond motifs is 2. The predicted octanol–water partition coefficient (Wildman–Crippen LogP) is 2.34. The molecule has 3 fully saturated rings. The van der Waals surface area contributed by atoms with Crippen molar-refractivity contribution in [3.63, 3.8) is 0 Å². The smallest absolute Gasteiger partial charge is 0.273 e. The van der Waals surface area contributed by atoms with E-state index in [0.29, 0.717) is 34.8 Å². The van der Waals surface area contributed by atoms with Gasteiger partial charge in [-0.1, -0.05) is 19.1 Å². The summed E-state index contributed by atoms with van der Waals surface area (Å²) in [4.78, 5) is 12.3. The normalized spacial score (nSPS) is 30.8. The molecule has 2 saturated heterocycles. The van der Waals surface area contributed by atoms with Crippen molar-refractivity contribution in [1.29, 1.82) is 5.41 Å². The van der Waals surface area contributed by atoms with Crippen LogP contribution in [0.1, 0.15) is 38.4 Å². The fraction of sp³-hybridized carbons (Fsp3) is 0.500. The van der Waals surface area contributed by atoms with Crippen LogP contribution in [0.2, 0.25) is 0 Å². The molecular formula is C20H26N4O2. The molecule has 26 heavy (non-hydrogen) atoms. The van der Waals surface area contributed by atoms with Crippen LogP contribution in [-0.2, 0) is 9.53 Å². The number of nitrogens with two attached hydrogens (primary N) is 1. The lowest BCUT2D eigenvalue weighted by molar-refractivity contribution is -0.110. The molecule has 1 aliphatic carbocycles. The van der Waals surface area contributed by atoms with E-state index in [2.05, 4.69) is 17.6 Å². The van der Waals surface area contributed by atoms with Gasteiger partial charge in [0.2, 0.25) is 0 Å². The van der Waals surface area contributed by atoms with Crippen LogP contribution in [-0.4, -0.2) is 30.3 Å². The minimum Gasteiger partial charge on any atom is -0.402 e. The maximum Gasteiger partial charge on any atom is 0.273 e. The van der Waals surface area contributed by atoms with Gasteiger partial charge in [-0.05, 0) is 49.0 Å². The molecule has 0 unspecified atom stereocenters. The number of anilines is 1. The zero-order chi connectivity index (χ0) is 18.4. The van der Waals surface area contributed by atoms with Gasteiger partial charge in [0.1, 0.15) is 5.71 Å². The number of benzene rings is 1. The number of hydrogen-bond donors (Lipinski definition) is 4. The molecule has 1 aromatic carbocycles. The Labute approximate surface area is 153 Å². The Morgan fingerprint density at radius 2 is 2.00 bits per heavy atom. The first-order valence-corrected chi connectivity index (χ1v) is 9.31. The molecular weight excluding hydrogens is 328 g/mol. The van der Waals surface area contributed by atoms with Crippen LogP contribution in [0.4, 0.5) is 5.69 Å². The van der Waals surface area contributed by atoms with Crippen molar-refractivity contribution in [2.75, 3.05) is 11.9 Å². The Kier molecular flexibility index (Phi) is 4.32. The molecule has 0 radical (unpaired) electrons. The lowest BCUT2D eigenvalue weighted by Crippen LogP contribution is -2.34. The third kappa shape index (κ3) is 3.04. The molecule has 6 nitrogen and oxygen atoms in total. The molecule has 4 rings (SSSR count). The number of hydrogen-bond acceptors (Lipinski definition) is 5. The van der Waals surface area contributed by atoms with Gasteiger partial charge in [-0.2, -0.15) is 0 Å². The molecule has 2 heterocycles. The highest BCUT2D eigenvalue weighted by Crippen LogP contribution is 2.41. The zero-order valence-corrected chi connectivity index (χ0v) is 15.2. The number of ether oxygens (including phenoxy) is 1. The first-order chi connectivity index (χ1) is 12.5. The van der Waals surface area contributed by atoms with E-state index < -0.39 is 5.91 Å². The Morgan fingerprint density at radius 3 is 2.54 bits per heavy atom. The van der Waals surface area contributed by atoms with E-state index in [1.165, 1.54) is 0 Å². The molecule has 2 aliphatic heterocycles. The van der Waals surface area contributed by atoms with Crippen LogP contribution < -0.4 is 16.4 Å². The van der Waals surface area contributed by atoms with E-state index in [0.717, 1.165) is 24.9 Å². The monoisotopic (exact) mass is 354 g/mol. The van der Waals surface area contributed by atoms with Gasteiger partial charge < -0.3 is 21.1 Å².